The van der Waals surface area contributed by atoms with Crippen LogP contribution in [0.3, 0.4) is 0 Å². The van der Waals surface area contributed by atoms with Gasteiger partial charge >= 0.3 is 0 Å². The van der Waals surface area contributed by atoms with Crippen molar-refractivity contribution in [2.45, 2.75) is 25.4 Å². The summed E-state index contributed by atoms with van der Waals surface area (Å²) in [5.41, 5.74) is 4.67. The average molecular weight is 430 g/mol. The highest BCUT2D eigenvalue weighted by atomic mass is 19.1. The van der Waals surface area contributed by atoms with Gasteiger partial charge in [-0.2, -0.15) is 0 Å². The van der Waals surface area contributed by atoms with Crippen molar-refractivity contribution in [3.05, 3.63) is 83.6 Å². The van der Waals surface area contributed by atoms with E-state index < -0.39 is 0 Å². The summed E-state index contributed by atoms with van der Waals surface area (Å²) in [6.07, 6.45) is 1.86. The van der Waals surface area contributed by atoms with Crippen LogP contribution < -0.4 is 0 Å². The van der Waals surface area contributed by atoms with Crippen LogP contribution in [0.25, 0.3) is 22.3 Å². The fourth-order valence-electron chi connectivity index (χ4n) is 4.32. The number of pyridine rings is 1. The number of aliphatic hydroxyl groups is 1. The molecule has 1 atom stereocenters. The highest BCUT2D eigenvalue weighted by Crippen LogP contribution is 2.29. The van der Waals surface area contributed by atoms with Gasteiger partial charge in [0, 0.05) is 35.8 Å². The number of carbonyl (C=O) groups excluding carboxylic acids is 1. The Balaban J connectivity index is 1.36. The molecule has 162 valence electrons. The third-order valence-corrected chi connectivity index (χ3v) is 5.97. The van der Waals surface area contributed by atoms with E-state index in [2.05, 4.69) is 9.97 Å². The Hall–Kier alpha value is -3.58. The van der Waals surface area contributed by atoms with Gasteiger partial charge in [0.2, 0.25) is 0 Å². The number of imidazole rings is 1. The molecular formula is C25H23FN4O2. The lowest BCUT2D eigenvalue weighted by molar-refractivity contribution is 0.0706. The number of halogens is 1. The number of piperidine rings is 1. The first-order valence-electron chi connectivity index (χ1n) is 10.7. The molecule has 1 unspecified atom stereocenters. The van der Waals surface area contributed by atoms with Crippen LogP contribution >= 0.6 is 0 Å². The standard InChI is InChI=1S/C25H23FN4O2/c26-19-9-6-16(7-10-19)20-4-1-5-21(27-20)18-3-2-12-30(14-18)25(32)17-8-11-22-23(13-17)29-24(15-31)28-22/h1,4-11,13,18,31H,2-3,12,14-15H2,(H,28,29). The number of amides is 1. The molecule has 4 aromatic rings. The van der Waals surface area contributed by atoms with E-state index in [9.17, 15) is 14.3 Å². The van der Waals surface area contributed by atoms with Crippen molar-refractivity contribution in [1.29, 1.82) is 0 Å². The molecule has 0 radical (unpaired) electrons. The van der Waals surface area contributed by atoms with Crippen LogP contribution in [-0.4, -0.2) is 44.0 Å². The van der Waals surface area contributed by atoms with Gasteiger partial charge < -0.3 is 15.0 Å². The minimum absolute atomic E-state index is 0.0218. The first-order chi connectivity index (χ1) is 15.6. The second-order valence-electron chi connectivity index (χ2n) is 8.12. The highest BCUT2D eigenvalue weighted by Gasteiger charge is 2.26. The molecule has 1 aliphatic rings. The van der Waals surface area contributed by atoms with Crippen LogP contribution in [0, 0.1) is 5.82 Å². The van der Waals surface area contributed by atoms with Crippen molar-refractivity contribution >= 4 is 16.9 Å². The van der Waals surface area contributed by atoms with Gasteiger partial charge in [0.25, 0.3) is 5.91 Å². The molecule has 5 rings (SSSR count). The Kier molecular flexibility index (Phi) is 5.41. The van der Waals surface area contributed by atoms with Gasteiger partial charge in [-0.05, 0) is 67.4 Å². The lowest BCUT2D eigenvalue weighted by Gasteiger charge is -2.32. The molecule has 2 N–H and O–H groups in total. The van der Waals surface area contributed by atoms with E-state index in [-0.39, 0.29) is 24.2 Å². The molecule has 0 bridgehead atoms. The first kappa shape index (κ1) is 20.3. The minimum atomic E-state index is -0.271. The fourth-order valence-corrected chi connectivity index (χ4v) is 4.32. The second-order valence-corrected chi connectivity index (χ2v) is 8.12. The number of H-pyrrole nitrogens is 1. The molecule has 0 saturated carbocycles. The van der Waals surface area contributed by atoms with Crippen molar-refractivity contribution in [2.75, 3.05) is 13.1 Å². The van der Waals surface area contributed by atoms with E-state index in [4.69, 9.17) is 4.98 Å². The monoisotopic (exact) mass is 430 g/mol. The second kappa shape index (κ2) is 8.51. The van der Waals surface area contributed by atoms with Crippen molar-refractivity contribution < 1.29 is 14.3 Å². The summed E-state index contributed by atoms with van der Waals surface area (Å²) in [4.78, 5) is 27.2. The zero-order valence-corrected chi connectivity index (χ0v) is 17.5. The maximum absolute atomic E-state index is 13.3. The average Bonchev–Trinajstić information content (AvgIpc) is 3.27. The number of rotatable bonds is 4. The maximum atomic E-state index is 13.3. The molecule has 3 heterocycles. The molecule has 1 saturated heterocycles. The predicted octanol–water partition coefficient (Wildman–Crippen LogP) is 4.28. The van der Waals surface area contributed by atoms with Gasteiger partial charge in [0.05, 0.1) is 16.7 Å². The van der Waals surface area contributed by atoms with Gasteiger partial charge in [0.15, 0.2) is 0 Å². The molecule has 0 spiro atoms. The third kappa shape index (κ3) is 3.99. The molecular weight excluding hydrogens is 407 g/mol. The molecule has 7 heteroatoms. The maximum Gasteiger partial charge on any atom is 0.253 e. The van der Waals surface area contributed by atoms with Crippen molar-refractivity contribution in [1.82, 2.24) is 19.9 Å². The number of aromatic nitrogens is 3. The SMILES string of the molecule is O=C(c1ccc2nc(CO)[nH]c2c1)N1CCCC(c2cccc(-c3ccc(F)cc3)n2)C1. The van der Waals surface area contributed by atoms with Crippen LogP contribution in [0.4, 0.5) is 4.39 Å². The van der Waals surface area contributed by atoms with Gasteiger partial charge in [-0.15, -0.1) is 0 Å². The molecule has 6 nitrogen and oxygen atoms in total. The lowest BCUT2D eigenvalue weighted by atomic mass is 9.93. The lowest BCUT2D eigenvalue weighted by Crippen LogP contribution is -2.39. The van der Waals surface area contributed by atoms with E-state index in [0.29, 0.717) is 24.5 Å². The van der Waals surface area contributed by atoms with Crippen LogP contribution in [0.5, 0.6) is 0 Å². The quantitative estimate of drug-likeness (QED) is 0.506. The first-order valence-corrected chi connectivity index (χ1v) is 10.7. The number of aliphatic hydroxyl groups excluding tert-OH is 1. The molecule has 2 aromatic carbocycles. The van der Waals surface area contributed by atoms with Gasteiger partial charge in [-0.25, -0.2) is 9.37 Å². The van der Waals surface area contributed by atoms with E-state index in [1.54, 1.807) is 30.3 Å². The zero-order chi connectivity index (χ0) is 22.1. The number of benzene rings is 2. The molecule has 0 aliphatic carbocycles. The molecule has 1 fully saturated rings. The van der Waals surface area contributed by atoms with E-state index in [1.807, 2.05) is 23.1 Å². The zero-order valence-electron chi connectivity index (χ0n) is 17.5. The third-order valence-electron chi connectivity index (χ3n) is 5.97. The van der Waals surface area contributed by atoms with Crippen molar-refractivity contribution in [3.8, 4) is 11.3 Å². The number of carbonyl (C=O) groups is 1. The Morgan fingerprint density at radius 1 is 1.12 bits per heavy atom. The summed E-state index contributed by atoms with van der Waals surface area (Å²) >= 11 is 0. The summed E-state index contributed by atoms with van der Waals surface area (Å²) in [6, 6.07) is 17.6. The number of fused-ring (bicyclic) bond motifs is 1. The Morgan fingerprint density at radius 3 is 2.78 bits per heavy atom. The van der Waals surface area contributed by atoms with Crippen LogP contribution in [0.2, 0.25) is 0 Å². The van der Waals surface area contributed by atoms with E-state index >= 15 is 0 Å². The Labute approximate surface area is 184 Å². The van der Waals surface area contributed by atoms with E-state index in [1.165, 1.54) is 12.1 Å². The summed E-state index contributed by atoms with van der Waals surface area (Å²) in [5, 5.41) is 9.27. The van der Waals surface area contributed by atoms with Crippen LogP contribution in [-0.2, 0) is 6.61 Å². The number of hydrogen-bond donors (Lipinski definition) is 2. The normalized spacial score (nSPS) is 16.4. The predicted molar refractivity (Wildman–Crippen MR) is 120 cm³/mol. The van der Waals surface area contributed by atoms with Crippen LogP contribution in [0.1, 0.15) is 40.6 Å². The van der Waals surface area contributed by atoms with E-state index in [0.717, 1.165) is 40.8 Å². The number of nitrogens with zero attached hydrogens (tertiary/aromatic N) is 3. The van der Waals surface area contributed by atoms with Gasteiger partial charge in [-0.3, -0.25) is 9.78 Å². The largest absolute Gasteiger partial charge is 0.388 e. The fraction of sp³-hybridized carbons (Fsp3) is 0.240. The Morgan fingerprint density at radius 2 is 1.97 bits per heavy atom. The summed E-state index contributed by atoms with van der Waals surface area (Å²) in [5.74, 6) is 0.332. The number of likely N-dealkylation sites (tertiary alicyclic amines) is 1. The summed E-state index contributed by atoms with van der Waals surface area (Å²) < 4.78 is 13.3. The van der Waals surface area contributed by atoms with Gasteiger partial charge in [-0.1, -0.05) is 6.07 Å². The van der Waals surface area contributed by atoms with Crippen LogP contribution in [0.15, 0.2) is 60.7 Å². The molecule has 2 aromatic heterocycles. The van der Waals surface area contributed by atoms with Gasteiger partial charge in [0.1, 0.15) is 18.2 Å². The summed E-state index contributed by atoms with van der Waals surface area (Å²) in [7, 11) is 0. The molecule has 1 aliphatic heterocycles. The minimum Gasteiger partial charge on any atom is -0.388 e. The van der Waals surface area contributed by atoms with Crippen molar-refractivity contribution in [2.24, 2.45) is 0 Å². The molecule has 1 amide bonds. The molecule has 32 heavy (non-hydrogen) atoms. The number of nitrogens with one attached hydrogen (secondary N) is 1. The summed E-state index contributed by atoms with van der Waals surface area (Å²) in [6.45, 7) is 1.13. The topological polar surface area (TPSA) is 82.1 Å². The van der Waals surface area contributed by atoms with Crippen molar-refractivity contribution in [3.63, 3.8) is 0 Å². The smallest absolute Gasteiger partial charge is 0.253 e. The number of hydrogen-bond acceptors (Lipinski definition) is 4. The number of aromatic amines is 1. The highest BCUT2D eigenvalue weighted by molar-refractivity contribution is 5.97. The Bertz CT molecular complexity index is 1270.